The van der Waals surface area contributed by atoms with Crippen LogP contribution in [0.5, 0.6) is 0 Å². The van der Waals surface area contributed by atoms with E-state index < -0.39 is 53.1 Å². The van der Waals surface area contributed by atoms with E-state index in [1.165, 1.54) is 0 Å². The minimum absolute atomic E-state index is 0.383. The molecular weight excluding hydrogens is 389 g/mol. The molecule has 2 saturated heterocycles. The van der Waals surface area contributed by atoms with Gasteiger partial charge in [-0.3, -0.25) is 14.4 Å². The van der Waals surface area contributed by atoms with E-state index >= 15 is 0 Å². The second-order valence-corrected chi connectivity index (χ2v) is 5.97. The van der Waals surface area contributed by atoms with Gasteiger partial charge in [0, 0.05) is 0 Å². The number of hydrogen-bond acceptors (Lipinski definition) is 8. The molecule has 2 aliphatic heterocycles. The van der Waals surface area contributed by atoms with Crippen LogP contribution in [0, 0.1) is 5.92 Å². The molecule has 1 aromatic carbocycles. The molecule has 0 radical (unpaired) electrons. The van der Waals surface area contributed by atoms with Gasteiger partial charge in [0.15, 0.2) is 6.10 Å². The van der Waals surface area contributed by atoms with Crippen molar-refractivity contribution < 1.29 is 46.7 Å². The van der Waals surface area contributed by atoms with Gasteiger partial charge in [-0.15, -0.1) is 0 Å². The van der Waals surface area contributed by atoms with Gasteiger partial charge in [-0.25, -0.2) is 14.5 Å². The maximum Gasteiger partial charge on any atom is 0.416 e. The predicted molar refractivity (Wildman–Crippen MR) is 82.2 cm³/mol. The van der Waals surface area contributed by atoms with E-state index in [9.17, 15) is 32.3 Å². The van der Waals surface area contributed by atoms with Crippen molar-refractivity contribution in [3.8, 4) is 0 Å². The van der Waals surface area contributed by atoms with E-state index in [4.69, 9.17) is 4.84 Å². The lowest BCUT2D eigenvalue weighted by Gasteiger charge is -2.26. The molecule has 28 heavy (non-hydrogen) atoms. The SMILES string of the molecule is COC(=O)C1(C(=O)OC)NOC2C(=O)N(c3cccc(C(F)(F)F)c3)C(=O)C21. The normalized spacial score (nSPS) is 23.5. The number of hydrogen-bond donors (Lipinski definition) is 1. The Hall–Kier alpha value is -2.99. The number of carbonyl (C=O) groups excluding carboxylic acids is 4. The zero-order chi connectivity index (χ0) is 20.9. The van der Waals surface area contributed by atoms with E-state index in [2.05, 4.69) is 9.47 Å². The highest BCUT2D eigenvalue weighted by Crippen LogP contribution is 2.41. The van der Waals surface area contributed by atoms with Crippen molar-refractivity contribution in [1.29, 1.82) is 0 Å². The molecule has 9 nitrogen and oxygen atoms in total. The Bertz CT molecular complexity index is 854. The number of nitrogens with one attached hydrogen (secondary N) is 1. The summed E-state index contributed by atoms with van der Waals surface area (Å²) in [4.78, 5) is 55.5. The van der Waals surface area contributed by atoms with Gasteiger partial charge in [0.2, 0.25) is 5.91 Å². The Morgan fingerprint density at radius 2 is 1.75 bits per heavy atom. The van der Waals surface area contributed by atoms with Crippen molar-refractivity contribution >= 4 is 29.4 Å². The Kier molecular flexibility index (Phi) is 4.63. The molecule has 0 aliphatic carbocycles. The van der Waals surface area contributed by atoms with Crippen LogP contribution in [0.25, 0.3) is 0 Å². The smallest absolute Gasteiger partial charge is 0.416 e. The molecule has 0 saturated carbocycles. The van der Waals surface area contributed by atoms with Gasteiger partial charge in [-0.1, -0.05) is 6.07 Å². The lowest BCUT2D eigenvalue weighted by atomic mass is 9.82. The van der Waals surface area contributed by atoms with Gasteiger partial charge < -0.3 is 9.47 Å². The molecule has 0 aromatic heterocycles. The first-order valence-electron chi connectivity index (χ1n) is 7.74. The fraction of sp³-hybridized carbons (Fsp3) is 0.375. The molecule has 2 unspecified atom stereocenters. The van der Waals surface area contributed by atoms with Crippen molar-refractivity contribution in [3.63, 3.8) is 0 Å². The van der Waals surface area contributed by atoms with Gasteiger partial charge in [0.1, 0.15) is 5.92 Å². The number of amides is 2. The van der Waals surface area contributed by atoms with Crippen molar-refractivity contribution in [1.82, 2.24) is 5.48 Å². The lowest BCUT2D eigenvalue weighted by molar-refractivity contribution is -0.169. The minimum Gasteiger partial charge on any atom is -0.467 e. The maximum atomic E-state index is 13.0. The van der Waals surface area contributed by atoms with Crippen molar-refractivity contribution in [2.24, 2.45) is 5.92 Å². The van der Waals surface area contributed by atoms with Gasteiger partial charge in [0.05, 0.1) is 25.5 Å². The molecule has 1 aromatic rings. The topological polar surface area (TPSA) is 111 Å². The zero-order valence-corrected chi connectivity index (χ0v) is 14.4. The number of esters is 2. The van der Waals surface area contributed by atoms with Gasteiger partial charge in [-0.05, 0) is 18.2 Å². The average Bonchev–Trinajstić information content (AvgIpc) is 3.18. The molecule has 2 atom stereocenters. The van der Waals surface area contributed by atoms with Crippen LogP contribution in [0.3, 0.4) is 0 Å². The molecule has 2 amide bonds. The number of nitrogens with zero attached hydrogens (tertiary/aromatic N) is 1. The van der Waals surface area contributed by atoms with Crippen LogP contribution in [0.2, 0.25) is 0 Å². The summed E-state index contributed by atoms with van der Waals surface area (Å²) in [5.74, 6) is -6.39. The third-order valence-corrected chi connectivity index (χ3v) is 4.51. The van der Waals surface area contributed by atoms with Crippen LogP contribution in [0.1, 0.15) is 5.56 Å². The molecule has 2 fully saturated rings. The molecule has 0 bridgehead atoms. The molecule has 150 valence electrons. The molecule has 1 N–H and O–H groups in total. The van der Waals surface area contributed by atoms with Crippen LogP contribution in [0.4, 0.5) is 18.9 Å². The zero-order valence-electron chi connectivity index (χ0n) is 14.4. The Balaban J connectivity index is 2.07. The summed E-state index contributed by atoms with van der Waals surface area (Å²) in [6.45, 7) is 0. The lowest BCUT2D eigenvalue weighted by Crippen LogP contribution is -2.61. The van der Waals surface area contributed by atoms with E-state index in [1.807, 2.05) is 5.48 Å². The highest BCUT2D eigenvalue weighted by molar-refractivity contribution is 6.27. The molecule has 2 aliphatic rings. The number of fused-ring (bicyclic) bond motifs is 1. The van der Waals surface area contributed by atoms with E-state index in [-0.39, 0.29) is 5.69 Å². The summed E-state index contributed by atoms with van der Waals surface area (Å²) in [5, 5.41) is 0. The summed E-state index contributed by atoms with van der Waals surface area (Å²) in [5.41, 5.74) is -1.90. The van der Waals surface area contributed by atoms with E-state index in [0.29, 0.717) is 11.0 Å². The second-order valence-electron chi connectivity index (χ2n) is 5.97. The number of rotatable bonds is 3. The van der Waals surface area contributed by atoms with Crippen LogP contribution in [-0.4, -0.2) is 49.6 Å². The number of carbonyl (C=O) groups is 4. The second kappa shape index (κ2) is 6.56. The summed E-state index contributed by atoms with van der Waals surface area (Å²) >= 11 is 0. The number of alkyl halides is 3. The number of imide groups is 1. The number of methoxy groups -OCH3 is 2. The van der Waals surface area contributed by atoms with Crippen LogP contribution in [-0.2, 0) is 39.7 Å². The van der Waals surface area contributed by atoms with Gasteiger partial charge in [0.25, 0.3) is 11.4 Å². The minimum atomic E-state index is -4.71. The van der Waals surface area contributed by atoms with Gasteiger partial charge in [-0.2, -0.15) is 18.7 Å². The molecule has 0 spiro atoms. The fourth-order valence-electron chi connectivity index (χ4n) is 3.22. The molecule has 12 heteroatoms. The van der Waals surface area contributed by atoms with E-state index in [1.54, 1.807) is 0 Å². The van der Waals surface area contributed by atoms with Gasteiger partial charge >= 0.3 is 18.1 Å². The predicted octanol–water partition coefficient (Wildman–Crippen LogP) is 0.183. The summed E-state index contributed by atoms with van der Waals surface area (Å²) in [7, 11) is 1.88. The number of hydroxylamine groups is 1. The average molecular weight is 402 g/mol. The maximum absolute atomic E-state index is 13.0. The van der Waals surface area contributed by atoms with Crippen LogP contribution >= 0.6 is 0 Å². The first kappa shape index (κ1) is 19.8. The highest BCUT2D eigenvalue weighted by Gasteiger charge is 2.72. The Labute approximate surface area is 155 Å². The summed E-state index contributed by atoms with van der Waals surface area (Å²) in [6.07, 6.45) is -6.35. The number of benzene rings is 1. The van der Waals surface area contributed by atoms with Crippen LogP contribution < -0.4 is 10.4 Å². The Morgan fingerprint density at radius 3 is 2.29 bits per heavy atom. The Morgan fingerprint density at radius 1 is 1.14 bits per heavy atom. The fourth-order valence-corrected chi connectivity index (χ4v) is 3.22. The number of ether oxygens (including phenoxy) is 2. The van der Waals surface area contributed by atoms with Crippen LogP contribution in [0.15, 0.2) is 24.3 Å². The van der Waals surface area contributed by atoms with Crippen molar-refractivity contribution in [2.75, 3.05) is 19.1 Å². The number of halogens is 3. The largest absolute Gasteiger partial charge is 0.467 e. The highest BCUT2D eigenvalue weighted by atomic mass is 19.4. The molecular formula is C16H13F3N2O7. The first-order valence-corrected chi connectivity index (χ1v) is 7.74. The van der Waals surface area contributed by atoms with Crippen molar-refractivity contribution in [3.05, 3.63) is 29.8 Å². The summed E-state index contributed by atoms with van der Waals surface area (Å²) in [6, 6.07) is 3.49. The quantitative estimate of drug-likeness (QED) is 0.433. The van der Waals surface area contributed by atoms with E-state index in [0.717, 1.165) is 32.4 Å². The number of anilines is 1. The third kappa shape index (κ3) is 2.64. The summed E-state index contributed by atoms with van der Waals surface area (Å²) < 4.78 is 48.0. The third-order valence-electron chi connectivity index (χ3n) is 4.51. The molecule has 2 heterocycles. The monoisotopic (exact) mass is 402 g/mol. The molecule has 3 rings (SSSR count). The first-order chi connectivity index (χ1) is 13.1. The van der Waals surface area contributed by atoms with Crippen molar-refractivity contribution in [2.45, 2.75) is 17.8 Å². The standard InChI is InChI=1S/C16H13F3N2O7/c1-26-13(24)15(14(25)27-2)9-10(28-20-15)12(23)21(11(9)22)8-5-3-4-7(6-8)16(17,18)19/h3-6,9-10,20H,1-2H3.